The van der Waals surface area contributed by atoms with Gasteiger partial charge in [-0.1, -0.05) is 11.6 Å². The summed E-state index contributed by atoms with van der Waals surface area (Å²) in [5.41, 5.74) is -0.105. The number of nitrogens with zero attached hydrogens (tertiary/aromatic N) is 2. The first-order valence-electron chi connectivity index (χ1n) is 4.73. The Morgan fingerprint density at radius 2 is 2.35 bits per heavy atom. The van der Waals surface area contributed by atoms with Crippen LogP contribution in [0.2, 0.25) is 5.15 Å². The third kappa shape index (κ3) is 2.94. The molecule has 0 aromatic carbocycles. The van der Waals surface area contributed by atoms with Crippen LogP contribution in [0.3, 0.4) is 0 Å². The molecule has 0 bridgehead atoms. The molecule has 2 aromatic rings. The lowest BCUT2D eigenvalue weighted by Crippen LogP contribution is -2.01. The van der Waals surface area contributed by atoms with Crippen LogP contribution in [0, 0.1) is 10.1 Å². The summed E-state index contributed by atoms with van der Waals surface area (Å²) in [7, 11) is 0. The van der Waals surface area contributed by atoms with Crippen LogP contribution in [0.15, 0.2) is 34.9 Å². The summed E-state index contributed by atoms with van der Waals surface area (Å²) < 4.78 is 5.11. The molecule has 0 atom stereocenters. The highest BCUT2D eigenvalue weighted by Gasteiger charge is 2.10. The second-order valence-electron chi connectivity index (χ2n) is 3.22. The number of nitro groups is 1. The highest BCUT2D eigenvalue weighted by molar-refractivity contribution is 6.29. The first-order chi connectivity index (χ1) is 8.15. The molecule has 88 valence electrons. The molecule has 0 saturated carbocycles. The van der Waals surface area contributed by atoms with Gasteiger partial charge in [-0.05, 0) is 12.1 Å². The number of hydrogen-bond acceptors (Lipinski definition) is 5. The van der Waals surface area contributed by atoms with Crippen LogP contribution >= 0.6 is 11.6 Å². The number of halogens is 1. The van der Waals surface area contributed by atoms with Gasteiger partial charge < -0.3 is 9.73 Å². The van der Waals surface area contributed by atoms with E-state index in [4.69, 9.17) is 16.0 Å². The van der Waals surface area contributed by atoms with Crippen molar-refractivity contribution >= 4 is 23.1 Å². The Morgan fingerprint density at radius 3 is 3.00 bits per heavy atom. The van der Waals surface area contributed by atoms with Gasteiger partial charge >= 0.3 is 0 Å². The van der Waals surface area contributed by atoms with Gasteiger partial charge in [0.2, 0.25) is 0 Å². The van der Waals surface area contributed by atoms with Crippen LogP contribution in [-0.4, -0.2) is 9.91 Å². The Morgan fingerprint density at radius 1 is 1.53 bits per heavy atom. The average molecular weight is 254 g/mol. The molecule has 0 aliphatic rings. The Labute approximate surface area is 101 Å². The number of nitrogens with one attached hydrogen (secondary N) is 1. The molecule has 0 radical (unpaired) electrons. The second kappa shape index (κ2) is 4.84. The van der Waals surface area contributed by atoms with E-state index in [1.165, 1.54) is 12.1 Å². The van der Waals surface area contributed by atoms with Gasteiger partial charge in [-0.25, -0.2) is 4.98 Å². The maximum Gasteiger partial charge on any atom is 0.276 e. The van der Waals surface area contributed by atoms with Crippen LogP contribution in [-0.2, 0) is 6.54 Å². The molecule has 0 saturated heterocycles. The first-order valence-corrected chi connectivity index (χ1v) is 5.11. The molecule has 7 heteroatoms. The molecule has 0 unspecified atom stereocenters. The van der Waals surface area contributed by atoms with Crippen molar-refractivity contribution in [2.75, 3.05) is 5.32 Å². The standard InChI is InChI=1S/C10H8ClN3O3/c11-9-4-7(14(15)16)5-10(13-9)12-6-8-2-1-3-17-8/h1-5H,6H2,(H,12,13). The van der Waals surface area contributed by atoms with Gasteiger partial charge in [-0.3, -0.25) is 10.1 Å². The van der Waals surface area contributed by atoms with Crippen molar-refractivity contribution in [1.82, 2.24) is 4.98 Å². The summed E-state index contributed by atoms with van der Waals surface area (Å²) in [6.45, 7) is 0.386. The van der Waals surface area contributed by atoms with E-state index < -0.39 is 4.92 Å². The number of furan rings is 1. The summed E-state index contributed by atoms with van der Waals surface area (Å²) in [6, 6.07) is 6.05. The van der Waals surface area contributed by atoms with E-state index in [1.54, 1.807) is 18.4 Å². The van der Waals surface area contributed by atoms with E-state index in [2.05, 4.69) is 10.3 Å². The molecule has 0 fully saturated rings. The van der Waals surface area contributed by atoms with E-state index in [9.17, 15) is 10.1 Å². The quantitative estimate of drug-likeness (QED) is 0.515. The number of pyridine rings is 1. The fourth-order valence-corrected chi connectivity index (χ4v) is 1.47. The van der Waals surface area contributed by atoms with Gasteiger partial charge in [0.25, 0.3) is 5.69 Å². The van der Waals surface area contributed by atoms with Gasteiger partial charge in [0.05, 0.1) is 29.9 Å². The molecule has 17 heavy (non-hydrogen) atoms. The van der Waals surface area contributed by atoms with Crippen molar-refractivity contribution in [1.29, 1.82) is 0 Å². The lowest BCUT2D eigenvalue weighted by Gasteiger charge is -2.03. The predicted octanol–water partition coefficient (Wildman–Crippen LogP) is 2.85. The van der Waals surface area contributed by atoms with Gasteiger partial charge in [-0.15, -0.1) is 0 Å². The van der Waals surface area contributed by atoms with Crippen molar-refractivity contribution in [2.24, 2.45) is 0 Å². The minimum Gasteiger partial charge on any atom is -0.467 e. The van der Waals surface area contributed by atoms with Crippen LogP contribution in [0.4, 0.5) is 11.5 Å². The van der Waals surface area contributed by atoms with Crippen LogP contribution in [0.1, 0.15) is 5.76 Å². The molecule has 2 heterocycles. The molecule has 6 nitrogen and oxygen atoms in total. The summed E-state index contributed by atoms with van der Waals surface area (Å²) in [5, 5.41) is 13.6. The van der Waals surface area contributed by atoms with Crippen LogP contribution in [0.25, 0.3) is 0 Å². The summed E-state index contributed by atoms with van der Waals surface area (Å²) >= 11 is 5.68. The van der Waals surface area contributed by atoms with Crippen molar-refractivity contribution < 1.29 is 9.34 Å². The van der Waals surface area contributed by atoms with Crippen molar-refractivity contribution in [3.05, 3.63) is 51.6 Å². The van der Waals surface area contributed by atoms with E-state index in [-0.39, 0.29) is 10.8 Å². The third-order valence-corrected chi connectivity index (χ3v) is 2.21. The van der Waals surface area contributed by atoms with Gasteiger partial charge in [0.1, 0.15) is 16.7 Å². The van der Waals surface area contributed by atoms with E-state index in [0.29, 0.717) is 18.1 Å². The Balaban J connectivity index is 2.13. The van der Waals surface area contributed by atoms with Crippen molar-refractivity contribution in [3.8, 4) is 0 Å². The number of anilines is 1. The summed E-state index contributed by atoms with van der Waals surface area (Å²) in [4.78, 5) is 14.0. The van der Waals surface area contributed by atoms with Crippen LogP contribution < -0.4 is 5.32 Å². The Hall–Kier alpha value is -2.08. The fraction of sp³-hybridized carbons (Fsp3) is 0.100. The zero-order valence-corrected chi connectivity index (χ0v) is 9.35. The molecular weight excluding hydrogens is 246 g/mol. The van der Waals surface area contributed by atoms with Gasteiger partial charge in [0.15, 0.2) is 0 Å². The molecule has 0 amide bonds. The third-order valence-electron chi connectivity index (χ3n) is 2.01. The maximum absolute atomic E-state index is 10.6. The molecule has 1 N–H and O–H groups in total. The largest absolute Gasteiger partial charge is 0.467 e. The highest BCUT2D eigenvalue weighted by Crippen LogP contribution is 2.20. The molecular formula is C10H8ClN3O3. The van der Waals surface area contributed by atoms with E-state index in [0.717, 1.165) is 0 Å². The number of hydrogen-bond donors (Lipinski definition) is 1. The lowest BCUT2D eigenvalue weighted by molar-refractivity contribution is -0.384. The Kier molecular flexibility index (Phi) is 3.24. The monoisotopic (exact) mass is 253 g/mol. The molecule has 0 aliphatic carbocycles. The highest BCUT2D eigenvalue weighted by atomic mass is 35.5. The van der Waals surface area contributed by atoms with Crippen molar-refractivity contribution in [3.63, 3.8) is 0 Å². The number of rotatable bonds is 4. The molecule has 0 spiro atoms. The maximum atomic E-state index is 10.6. The lowest BCUT2D eigenvalue weighted by atomic mass is 10.4. The van der Waals surface area contributed by atoms with E-state index in [1.807, 2.05) is 0 Å². The topological polar surface area (TPSA) is 81.2 Å². The summed E-state index contributed by atoms with van der Waals surface area (Å²) in [5.74, 6) is 1.04. The minimum atomic E-state index is -0.522. The average Bonchev–Trinajstić information content (AvgIpc) is 2.78. The smallest absolute Gasteiger partial charge is 0.276 e. The van der Waals surface area contributed by atoms with E-state index >= 15 is 0 Å². The predicted molar refractivity (Wildman–Crippen MR) is 61.9 cm³/mol. The SMILES string of the molecule is O=[N+]([O-])c1cc(Cl)nc(NCc2ccco2)c1. The van der Waals surface area contributed by atoms with Crippen molar-refractivity contribution in [2.45, 2.75) is 6.54 Å². The molecule has 0 aliphatic heterocycles. The summed E-state index contributed by atoms with van der Waals surface area (Å²) in [6.07, 6.45) is 1.55. The number of aromatic nitrogens is 1. The minimum absolute atomic E-state index is 0.0705. The first kappa shape index (κ1) is 11.4. The van der Waals surface area contributed by atoms with Gasteiger partial charge in [0, 0.05) is 0 Å². The van der Waals surface area contributed by atoms with Crippen LogP contribution in [0.5, 0.6) is 0 Å². The zero-order chi connectivity index (χ0) is 12.3. The zero-order valence-electron chi connectivity index (χ0n) is 8.59. The molecule has 2 aromatic heterocycles. The fourth-order valence-electron chi connectivity index (χ4n) is 1.27. The Bertz CT molecular complexity index is 528. The normalized spacial score (nSPS) is 10.2. The molecule has 2 rings (SSSR count). The second-order valence-corrected chi connectivity index (χ2v) is 3.61. The van der Waals surface area contributed by atoms with Gasteiger partial charge in [-0.2, -0.15) is 0 Å².